The van der Waals surface area contributed by atoms with Crippen LogP contribution in [0.4, 0.5) is 0 Å². The maximum atomic E-state index is 13.0. The van der Waals surface area contributed by atoms with Gasteiger partial charge in [0.25, 0.3) is 0 Å². The Morgan fingerprint density at radius 3 is 2.04 bits per heavy atom. The zero-order chi connectivity index (χ0) is 32.7. The van der Waals surface area contributed by atoms with Gasteiger partial charge in [-0.05, 0) is 42.2 Å². The van der Waals surface area contributed by atoms with Gasteiger partial charge in [-0.2, -0.15) is 0 Å². The van der Waals surface area contributed by atoms with Crippen molar-refractivity contribution in [2.24, 2.45) is 5.73 Å². The van der Waals surface area contributed by atoms with Gasteiger partial charge in [-0.3, -0.25) is 4.79 Å². The molecule has 46 heavy (non-hydrogen) atoms. The quantitative estimate of drug-likeness (QED) is 0.0589. The second-order valence-corrected chi connectivity index (χ2v) is 10.9. The molecule has 0 aliphatic rings. The number of halogens is 1. The summed E-state index contributed by atoms with van der Waals surface area (Å²) >= 11 is 6.73. The minimum Gasteiger partial charge on any atom is -0.507 e. The number of hydrogen-bond donors (Lipinski definition) is 4. The monoisotopic (exact) mass is 643 g/mol. The molecular weight excluding hydrogens is 602 g/mol. The average molecular weight is 644 g/mol. The number of carbonyl (C=O) groups is 1. The van der Waals surface area contributed by atoms with Crippen molar-refractivity contribution in [3.05, 3.63) is 130 Å². The van der Waals surface area contributed by atoms with Gasteiger partial charge < -0.3 is 35.7 Å². The Morgan fingerprint density at radius 1 is 0.848 bits per heavy atom. The molecule has 0 saturated carbocycles. The number of aliphatic hydroxyl groups is 1. The average Bonchev–Trinajstić information content (AvgIpc) is 3.08. The van der Waals surface area contributed by atoms with E-state index in [9.17, 15) is 9.90 Å². The fourth-order valence-electron chi connectivity index (χ4n) is 4.77. The van der Waals surface area contributed by atoms with Gasteiger partial charge in [0.15, 0.2) is 0 Å². The van der Waals surface area contributed by atoms with Gasteiger partial charge >= 0.3 is 0 Å². The molecular formula is C37H42ClN3O5. The third kappa shape index (κ3) is 9.83. The molecule has 4 rings (SSSR count). The summed E-state index contributed by atoms with van der Waals surface area (Å²) in [7, 11) is 0. The van der Waals surface area contributed by atoms with Crippen LogP contribution in [0.5, 0.6) is 11.5 Å². The molecule has 8 nitrogen and oxygen atoms in total. The van der Waals surface area contributed by atoms with E-state index in [0.29, 0.717) is 50.0 Å². The maximum absolute atomic E-state index is 13.0. The molecule has 0 fully saturated rings. The van der Waals surface area contributed by atoms with Crippen molar-refractivity contribution in [1.29, 1.82) is 0 Å². The van der Waals surface area contributed by atoms with Crippen LogP contribution in [0.15, 0.2) is 97.1 Å². The molecule has 0 aliphatic carbocycles. The summed E-state index contributed by atoms with van der Waals surface area (Å²) in [6.07, 6.45) is 0. The molecule has 0 spiro atoms. The molecule has 9 heteroatoms. The lowest BCUT2D eigenvalue weighted by atomic mass is 9.93. The van der Waals surface area contributed by atoms with Crippen LogP contribution in [0.25, 0.3) is 11.3 Å². The number of rotatable bonds is 17. The molecule has 242 valence electrons. The largest absolute Gasteiger partial charge is 0.507 e. The fourth-order valence-corrected chi connectivity index (χ4v) is 4.99. The minimum absolute atomic E-state index is 0.221. The first kappa shape index (κ1) is 34.5. The van der Waals surface area contributed by atoms with Crippen LogP contribution >= 0.6 is 11.6 Å². The number of carbonyl (C=O) groups excluding carboxylic acids is 1. The van der Waals surface area contributed by atoms with Crippen molar-refractivity contribution in [3.63, 3.8) is 0 Å². The zero-order valence-corrected chi connectivity index (χ0v) is 27.1. The fraction of sp³-hybridized carbons (Fsp3) is 0.270. The Hall–Kier alpha value is -4.34. The molecule has 0 bridgehead atoms. The highest BCUT2D eigenvalue weighted by Crippen LogP contribution is 2.39. The van der Waals surface area contributed by atoms with E-state index >= 15 is 0 Å². The highest BCUT2D eigenvalue weighted by Gasteiger charge is 2.26. The van der Waals surface area contributed by atoms with Crippen LogP contribution in [-0.2, 0) is 29.3 Å². The summed E-state index contributed by atoms with van der Waals surface area (Å²) in [5, 5.41) is 18.3. The van der Waals surface area contributed by atoms with Gasteiger partial charge in [0.1, 0.15) is 36.5 Å². The standard InChI is InChI=1S/C37H42ClN3O5/c1-3-41-37(43)35(39)34(29-17-15-26(16-18-29)23-40-19-20-44-4-2)36(42)30-21-31(38)33(46-25-28-13-9-6-10-14-28)22-32(30)45-24-27-11-7-5-8-12-27/h5-18,21-22,35,40,42H,3-4,19-20,23-25,39H2,1-2H3,(H,41,43)/b36-34-. The van der Waals surface area contributed by atoms with Gasteiger partial charge in [-0.15, -0.1) is 0 Å². The van der Waals surface area contributed by atoms with E-state index in [1.807, 2.05) is 98.8 Å². The van der Waals surface area contributed by atoms with Crippen molar-refractivity contribution in [2.45, 2.75) is 39.6 Å². The topological polar surface area (TPSA) is 115 Å². The Kier molecular flexibility index (Phi) is 13.5. The lowest BCUT2D eigenvalue weighted by Crippen LogP contribution is -2.41. The van der Waals surface area contributed by atoms with Gasteiger partial charge in [0.05, 0.1) is 17.2 Å². The number of hydrogen-bond acceptors (Lipinski definition) is 7. The van der Waals surface area contributed by atoms with E-state index in [-0.39, 0.29) is 28.5 Å². The highest BCUT2D eigenvalue weighted by atomic mass is 35.5. The Balaban J connectivity index is 1.73. The van der Waals surface area contributed by atoms with Crippen molar-refractivity contribution in [3.8, 4) is 11.5 Å². The molecule has 0 heterocycles. The number of benzene rings is 4. The summed E-state index contributed by atoms with van der Waals surface area (Å²) in [5.41, 5.74) is 10.6. The lowest BCUT2D eigenvalue weighted by Gasteiger charge is -2.21. The van der Waals surface area contributed by atoms with Crippen LogP contribution < -0.4 is 25.8 Å². The predicted octanol–water partition coefficient (Wildman–Crippen LogP) is 6.51. The molecule has 1 unspecified atom stereocenters. The number of likely N-dealkylation sites (N-methyl/N-ethyl adjacent to an activating group) is 1. The molecule has 4 aromatic rings. The molecule has 4 aromatic carbocycles. The van der Waals surface area contributed by atoms with Crippen molar-refractivity contribution in [2.75, 3.05) is 26.3 Å². The van der Waals surface area contributed by atoms with Crippen LogP contribution in [-0.4, -0.2) is 43.4 Å². The summed E-state index contributed by atoms with van der Waals surface area (Å²) in [4.78, 5) is 13.0. The van der Waals surface area contributed by atoms with E-state index in [4.69, 9.17) is 31.5 Å². The SMILES string of the molecule is CCNC(=O)C(N)/C(=C(\O)c1cc(Cl)c(OCc2ccccc2)cc1OCc1ccccc1)c1ccc(CNCCOCC)cc1. The molecule has 0 aliphatic heterocycles. The number of aliphatic hydroxyl groups excluding tert-OH is 1. The number of ether oxygens (including phenoxy) is 3. The van der Waals surface area contributed by atoms with E-state index in [0.717, 1.165) is 23.2 Å². The van der Waals surface area contributed by atoms with Gasteiger partial charge in [0, 0.05) is 37.9 Å². The summed E-state index contributed by atoms with van der Waals surface area (Å²) in [5.74, 6) is 0.0673. The molecule has 1 amide bonds. The van der Waals surface area contributed by atoms with E-state index < -0.39 is 11.9 Å². The van der Waals surface area contributed by atoms with E-state index in [1.165, 1.54) is 0 Å². The van der Waals surface area contributed by atoms with Crippen LogP contribution in [0.2, 0.25) is 5.02 Å². The Bertz CT molecular complexity index is 1560. The first-order chi connectivity index (χ1) is 22.4. The Morgan fingerprint density at radius 2 is 1.46 bits per heavy atom. The number of amides is 1. The summed E-state index contributed by atoms with van der Waals surface area (Å²) < 4.78 is 17.7. The zero-order valence-electron chi connectivity index (χ0n) is 26.3. The predicted molar refractivity (Wildman–Crippen MR) is 184 cm³/mol. The van der Waals surface area contributed by atoms with Crippen molar-refractivity contribution < 1.29 is 24.1 Å². The minimum atomic E-state index is -1.18. The van der Waals surface area contributed by atoms with Gasteiger partial charge in [0.2, 0.25) is 5.91 Å². The lowest BCUT2D eigenvalue weighted by molar-refractivity contribution is -0.121. The summed E-state index contributed by atoms with van der Waals surface area (Å²) in [6.45, 7) is 7.34. The maximum Gasteiger partial charge on any atom is 0.241 e. The number of nitrogens with two attached hydrogens (primary N) is 1. The molecule has 1 atom stereocenters. The van der Waals surface area contributed by atoms with Crippen LogP contribution in [0.1, 0.15) is 41.7 Å². The number of nitrogens with one attached hydrogen (secondary N) is 2. The normalized spacial score (nSPS) is 12.3. The third-order valence-electron chi connectivity index (χ3n) is 7.18. The second-order valence-electron chi connectivity index (χ2n) is 10.5. The van der Waals surface area contributed by atoms with E-state index in [1.54, 1.807) is 12.1 Å². The van der Waals surface area contributed by atoms with Crippen molar-refractivity contribution >= 4 is 28.8 Å². The van der Waals surface area contributed by atoms with Crippen molar-refractivity contribution in [1.82, 2.24) is 10.6 Å². The summed E-state index contributed by atoms with van der Waals surface area (Å²) in [6, 6.07) is 29.0. The molecule has 0 aromatic heterocycles. The first-order valence-electron chi connectivity index (χ1n) is 15.4. The highest BCUT2D eigenvalue weighted by molar-refractivity contribution is 6.32. The Labute approximate surface area is 276 Å². The van der Waals surface area contributed by atoms with Gasteiger partial charge in [-0.1, -0.05) is 96.5 Å². The smallest absolute Gasteiger partial charge is 0.241 e. The van der Waals surface area contributed by atoms with Crippen LogP contribution in [0, 0.1) is 0 Å². The van der Waals surface area contributed by atoms with Gasteiger partial charge in [-0.25, -0.2) is 0 Å². The second kappa shape index (κ2) is 18.0. The first-order valence-corrected chi connectivity index (χ1v) is 15.8. The van der Waals surface area contributed by atoms with E-state index in [2.05, 4.69) is 10.6 Å². The van der Waals surface area contributed by atoms with Crippen LogP contribution in [0.3, 0.4) is 0 Å². The molecule has 5 N–H and O–H groups in total. The third-order valence-corrected chi connectivity index (χ3v) is 7.48. The molecule has 0 radical (unpaired) electrons. The molecule has 0 saturated heterocycles.